The average molecular weight is 244 g/mol. The highest BCUT2D eigenvalue weighted by atomic mass is 35.5. The Morgan fingerprint density at radius 2 is 2.27 bits per heavy atom. The van der Waals surface area contributed by atoms with Crippen LogP contribution in [0.15, 0.2) is 22.9 Å². The summed E-state index contributed by atoms with van der Waals surface area (Å²) in [6.45, 7) is 1.75. The number of halogens is 2. The number of hydrogen-bond acceptors (Lipinski definition) is 4. The van der Waals surface area contributed by atoms with Crippen LogP contribution in [0.3, 0.4) is 0 Å². The van der Waals surface area contributed by atoms with Crippen LogP contribution in [0.2, 0.25) is 5.02 Å². The normalized spacial score (nSPS) is 12.7. The van der Waals surface area contributed by atoms with E-state index in [4.69, 9.17) is 27.7 Å². The first kappa shape index (κ1) is 10.4. The smallest absolute Gasteiger partial charge is 0.244 e. The second-order valence-corrected chi connectivity index (χ2v) is 3.97. The molecule has 0 aliphatic heterocycles. The Balaban J connectivity index is 2.42. The Labute approximate surface area is 96.2 Å². The van der Waals surface area contributed by atoms with Crippen LogP contribution in [0, 0.1) is 0 Å². The third-order valence-electron chi connectivity index (χ3n) is 1.75. The number of alkyl halides is 1. The zero-order chi connectivity index (χ0) is 10.8. The first-order valence-corrected chi connectivity index (χ1v) is 5.08. The van der Waals surface area contributed by atoms with Crippen LogP contribution in [0.5, 0.6) is 0 Å². The number of aromatic nitrogens is 3. The van der Waals surface area contributed by atoms with Crippen LogP contribution in [0.1, 0.15) is 18.2 Å². The summed E-state index contributed by atoms with van der Waals surface area (Å²) < 4.78 is 4.94. The van der Waals surface area contributed by atoms with E-state index in [1.165, 1.54) is 0 Å². The minimum atomic E-state index is -0.325. The van der Waals surface area contributed by atoms with Crippen LogP contribution < -0.4 is 0 Å². The van der Waals surface area contributed by atoms with Crippen molar-refractivity contribution in [3.8, 4) is 11.5 Å². The van der Waals surface area contributed by atoms with Crippen molar-refractivity contribution in [3.63, 3.8) is 0 Å². The summed E-state index contributed by atoms with van der Waals surface area (Å²) in [4.78, 5) is 8.15. The molecular weight excluding hydrogens is 237 g/mol. The Hall–Kier alpha value is -1.13. The van der Waals surface area contributed by atoms with E-state index in [1.807, 2.05) is 0 Å². The highest BCUT2D eigenvalue weighted by Gasteiger charge is 2.15. The Morgan fingerprint density at radius 3 is 2.87 bits per heavy atom. The molecule has 0 aromatic carbocycles. The third-order valence-corrected chi connectivity index (χ3v) is 2.24. The molecular formula is C9H7Cl2N3O. The van der Waals surface area contributed by atoms with E-state index in [1.54, 1.807) is 25.3 Å². The maximum atomic E-state index is 5.93. The number of pyridine rings is 1. The van der Waals surface area contributed by atoms with Crippen molar-refractivity contribution in [2.24, 2.45) is 0 Å². The molecule has 0 amide bonds. The summed E-state index contributed by atoms with van der Waals surface area (Å²) in [6.07, 6.45) is 1.61. The van der Waals surface area contributed by atoms with E-state index < -0.39 is 0 Å². The first-order chi connectivity index (χ1) is 7.18. The third kappa shape index (κ3) is 2.11. The van der Waals surface area contributed by atoms with E-state index >= 15 is 0 Å². The van der Waals surface area contributed by atoms with Crippen molar-refractivity contribution in [1.29, 1.82) is 0 Å². The summed E-state index contributed by atoms with van der Waals surface area (Å²) >= 11 is 11.7. The summed E-state index contributed by atoms with van der Waals surface area (Å²) in [5.41, 5.74) is 0.492. The monoisotopic (exact) mass is 243 g/mol. The van der Waals surface area contributed by atoms with Crippen molar-refractivity contribution in [2.75, 3.05) is 0 Å². The molecule has 1 atom stereocenters. The molecule has 0 bridgehead atoms. The van der Waals surface area contributed by atoms with Gasteiger partial charge in [-0.15, -0.1) is 11.6 Å². The zero-order valence-corrected chi connectivity index (χ0v) is 9.33. The second-order valence-electron chi connectivity index (χ2n) is 2.91. The van der Waals surface area contributed by atoms with Crippen molar-refractivity contribution in [2.45, 2.75) is 12.3 Å². The molecule has 0 spiro atoms. The molecule has 0 aliphatic rings. The number of rotatable bonds is 2. The van der Waals surface area contributed by atoms with Gasteiger partial charge in [0.1, 0.15) is 11.1 Å². The van der Waals surface area contributed by atoms with Crippen LogP contribution >= 0.6 is 23.2 Å². The standard InChI is InChI=1S/C9H7Cl2N3O/c1-5(10)9-13-8(14-15-9)7-6(11)3-2-4-12-7/h2-5H,1H3. The summed E-state index contributed by atoms with van der Waals surface area (Å²) in [5.74, 6) is 0.705. The molecule has 1 unspecified atom stereocenters. The molecule has 0 aliphatic carbocycles. The van der Waals surface area contributed by atoms with Gasteiger partial charge >= 0.3 is 0 Å². The van der Waals surface area contributed by atoms with Crippen LogP contribution in [0.25, 0.3) is 11.5 Å². The maximum absolute atomic E-state index is 5.93. The molecule has 0 radical (unpaired) electrons. The van der Waals surface area contributed by atoms with Crippen molar-refractivity contribution >= 4 is 23.2 Å². The van der Waals surface area contributed by atoms with E-state index in [-0.39, 0.29) is 5.38 Å². The van der Waals surface area contributed by atoms with Gasteiger partial charge in [0.05, 0.1) is 5.02 Å². The van der Waals surface area contributed by atoms with Gasteiger partial charge in [0.25, 0.3) is 0 Å². The molecule has 6 heteroatoms. The molecule has 0 fully saturated rings. The summed E-state index contributed by atoms with van der Waals surface area (Å²) in [5, 5.41) is 3.90. The minimum absolute atomic E-state index is 0.325. The Morgan fingerprint density at radius 1 is 1.47 bits per heavy atom. The van der Waals surface area contributed by atoms with Gasteiger partial charge in [0.2, 0.25) is 11.7 Å². The molecule has 15 heavy (non-hydrogen) atoms. The molecule has 0 N–H and O–H groups in total. The summed E-state index contributed by atoms with van der Waals surface area (Å²) in [6, 6.07) is 3.45. The molecule has 4 nitrogen and oxygen atoms in total. The van der Waals surface area contributed by atoms with Crippen LogP contribution in [-0.4, -0.2) is 15.1 Å². The van der Waals surface area contributed by atoms with Crippen LogP contribution in [-0.2, 0) is 0 Å². The SMILES string of the molecule is CC(Cl)c1nc(-c2ncccc2Cl)no1. The molecule has 2 heterocycles. The van der Waals surface area contributed by atoms with Gasteiger partial charge in [-0.1, -0.05) is 16.8 Å². The highest BCUT2D eigenvalue weighted by Crippen LogP contribution is 2.25. The molecule has 2 rings (SSSR count). The fourth-order valence-electron chi connectivity index (χ4n) is 1.04. The van der Waals surface area contributed by atoms with Crippen molar-refractivity contribution in [1.82, 2.24) is 15.1 Å². The summed E-state index contributed by atoms with van der Waals surface area (Å²) in [7, 11) is 0. The Kier molecular flexibility index (Phi) is 2.88. The quantitative estimate of drug-likeness (QED) is 0.761. The van der Waals surface area contributed by atoms with Gasteiger partial charge in [-0.25, -0.2) is 0 Å². The topological polar surface area (TPSA) is 51.8 Å². The lowest BCUT2D eigenvalue weighted by molar-refractivity contribution is 0.379. The van der Waals surface area contributed by atoms with E-state index in [9.17, 15) is 0 Å². The maximum Gasteiger partial charge on any atom is 0.244 e. The second kappa shape index (κ2) is 4.16. The lowest BCUT2D eigenvalue weighted by Gasteiger charge is -1.95. The fourth-order valence-corrected chi connectivity index (χ4v) is 1.34. The van der Waals surface area contributed by atoms with E-state index in [0.717, 1.165) is 0 Å². The minimum Gasteiger partial charge on any atom is -0.337 e. The van der Waals surface area contributed by atoms with Crippen LogP contribution in [0.4, 0.5) is 0 Å². The van der Waals surface area contributed by atoms with Gasteiger partial charge in [0, 0.05) is 6.20 Å². The molecule has 2 aromatic rings. The van der Waals surface area contributed by atoms with Gasteiger partial charge < -0.3 is 4.52 Å². The van der Waals surface area contributed by atoms with E-state index in [2.05, 4.69) is 15.1 Å². The molecule has 0 saturated heterocycles. The molecule has 78 valence electrons. The zero-order valence-electron chi connectivity index (χ0n) is 7.82. The predicted molar refractivity (Wildman–Crippen MR) is 56.8 cm³/mol. The molecule has 2 aromatic heterocycles. The number of nitrogens with zero attached hydrogens (tertiary/aromatic N) is 3. The first-order valence-electron chi connectivity index (χ1n) is 4.27. The van der Waals surface area contributed by atoms with Gasteiger partial charge in [-0.3, -0.25) is 4.98 Å². The number of hydrogen-bond donors (Lipinski definition) is 0. The lowest BCUT2D eigenvalue weighted by atomic mass is 10.3. The predicted octanol–water partition coefficient (Wildman–Crippen LogP) is 3.08. The fraction of sp³-hybridized carbons (Fsp3) is 0.222. The van der Waals surface area contributed by atoms with Gasteiger partial charge in [-0.2, -0.15) is 4.98 Å². The van der Waals surface area contributed by atoms with Crippen molar-refractivity contribution in [3.05, 3.63) is 29.2 Å². The average Bonchev–Trinajstić information content (AvgIpc) is 2.67. The Bertz CT molecular complexity index is 470. The molecule has 0 saturated carbocycles. The van der Waals surface area contributed by atoms with Crippen molar-refractivity contribution < 1.29 is 4.52 Å². The van der Waals surface area contributed by atoms with Gasteiger partial charge in [0.15, 0.2) is 0 Å². The lowest BCUT2D eigenvalue weighted by Crippen LogP contribution is -1.88. The van der Waals surface area contributed by atoms with E-state index in [0.29, 0.717) is 22.4 Å². The van der Waals surface area contributed by atoms with Gasteiger partial charge in [-0.05, 0) is 19.1 Å². The largest absolute Gasteiger partial charge is 0.337 e. The highest BCUT2D eigenvalue weighted by molar-refractivity contribution is 6.32.